The van der Waals surface area contributed by atoms with Gasteiger partial charge in [0.2, 0.25) is 11.6 Å². The van der Waals surface area contributed by atoms with E-state index in [1.807, 2.05) is 20.8 Å². The summed E-state index contributed by atoms with van der Waals surface area (Å²) >= 11 is 0. The zero-order valence-corrected chi connectivity index (χ0v) is 17.1. The normalized spacial score (nSPS) is 16.4. The molecule has 1 saturated carbocycles. The lowest BCUT2D eigenvalue weighted by Crippen LogP contribution is -2.48. The van der Waals surface area contributed by atoms with E-state index in [-0.39, 0.29) is 11.8 Å². The molecule has 0 unspecified atom stereocenters. The molecule has 8 heteroatoms. The summed E-state index contributed by atoms with van der Waals surface area (Å²) in [6.07, 6.45) is 2.27. The van der Waals surface area contributed by atoms with E-state index in [1.165, 1.54) is 0 Å². The quantitative estimate of drug-likeness (QED) is 0.636. The van der Waals surface area contributed by atoms with Gasteiger partial charge in [-0.2, -0.15) is 4.98 Å². The topological polar surface area (TPSA) is 86.9 Å². The molecule has 0 N–H and O–H groups in total. The molecule has 1 aromatic carbocycles. The van der Waals surface area contributed by atoms with E-state index in [9.17, 15) is 4.79 Å². The van der Waals surface area contributed by atoms with E-state index in [0.717, 1.165) is 18.7 Å². The molecule has 1 aromatic heterocycles. The first kappa shape index (κ1) is 19.5. The van der Waals surface area contributed by atoms with E-state index < -0.39 is 0 Å². The summed E-state index contributed by atoms with van der Waals surface area (Å²) in [5.74, 6) is 3.49. The van der Waals surface area contributed by atoms with Crippen LogP contribution in [0.4, 0.5) is 0 Å². The molecule has 0 bridgehead atoms. The summed E-state index contributed by atoms with van der Waals surface area (Å²) in [5, 5.41) is 4.06. The van der Waals surface area contributed by atoms with Gasteiger partial charge in [0.05, 0.1) is 25.7 Å². The van der Waals surface area contributed by atoms with Gasteiger partial charge in [0.1, 0.15) is 0 Å². The Morgan fingerprint density at radius 1 is 1.03 bits per heavy atom. The molecular weight excluding hydrogens is 374 g/mol. The molecule has 8 nitrogen and oxygen atoms in total. The molecule has 1 saturated heterocycles. The second-order valence-electron chi connectivity index (χ2n) is 7.27. The van der Waals surface area contributed by atoms with Crippen LogP contribution in [0.3, 0.4) is 0 Å². The fourth-order valence-electron chi connectivity index (χ4n) is 3.42. The maximum absolute atomic E-state index is 13.0. The highest BCUT2D eigenvalue weighted by molar-refractivity contribution is 5.96. The van der Waals surface area contributed by atoms with Crippen molar-refractivity contribution < 1.29 is 23.5 Å². The van der Waals surface area contributed by atoms with Crippen LogP contribution in [0.5, 0.6) is 17.2 Å². The first-order chi connectivity index (χ1) is 14.1. The van der Waals surface area contributed by atoms with E-state index >= 15 is 0 Å². The predicted molar refractivity (Wildman–Crippen MR) is 105 cm³/mol. The van der Waals surface area contributed by atoms with Gasteiger partial charge in [-0.3, -0.25) is 4.79 Å². The smallest absolute Gasteiger partial charge is 0.254 e. The van der Waals surface area contributed by atoms with Crippen LogP contribution in [-0.2, 0) is 0 Å². The highest BCUT2D eigenvalue weighted by Gasteiger charge is 2.38. The van der Waals surface area contributed by atoms with Crippen LogP contribution < -0.4 is 14.2 Å². The van der Waals surface area contributed by atoms with Crippen molar-refractivity contribution in [2.45, 2.75) is 45.4 Å². The number of hydrogen-bond acceptors (Lipinski definition) is 7. The summed E-state index contributed by atoms with van der Waals surface area (Å²) in [4.78, 5) is 19.3. The van der Waals surface area contributed by atoms with Crippen LogP contribution >= 0.6 is 0 Å². The van der Waals surface area contributed by atoms with Crippen molar-refractivity contribution in [3.05, 3.63) is 29.4 Å². The van der Waals surface area contributed by atoms with Gasteiger partial charge in [0.15, 0.2) is 17.3 Å². The van der Waals surface area contributed by atoms with E-state index in [1.54, 1.807) is 17.0 Å². The Morgan fingerprint density at radius 3 is 2.21 bits per heavy atom. The maximum Gasteiger partial charge on any atom is 0.254 e. The number of ether oxygens (including phenoxy) is 3. The Hall–Kier alpha value is -2.77. The maximum atomic E-state index is 13.0. The third kappa shape index (κ3) is 4.02. The van der Waals surface area contributed by atoms with Crippen LogP contribution in [-0.4, -0.2) is 53.9 Å². The molecule has 2 aliphatic rings. The van der Waals surface area contributed by atoms with Crippen molar-refractivity contribution in [2.75, 3.05) is 32.9 Å². The molecule has 2 heterocycles. The lowest BCUT2D eigenvalue weighted by molar-refractivity contribution is 0.0568. The molecule has 0 atom stereocenters. The van der Waals surface area contributed by atoms with Crippen molar-refractivity contribution in [1.82, 2.24) is 15.0 Å². The monoisotopic (exact) mass is 401 g/mol. The minimum atomic E-state index is -0.0758. The second-order valence-corrected chi connectivity index (χ2v) is 7.27. The van der Waals surface area contributed by atoms with E-state index in [0.29, 0.717) is 67.5 Å². The highest BCUT2D eigenvalue weighted by atomic mass is 16.5. The zero-order chi connectivity index (χ0) is 20.4. The second kappa shape index (κ2) is 8.31. The van der Waals surface area contributed by atoms with Crippen LogP contribution in [0.1, 0.15) is 67.5 Å². The number of carbonyl (C=O) groups excluding carboxylic acids is 1. The largest absolute Gasteiger partial charge is 0.490 e. The van der Waals surface area contributed by atoms with Crippen molar-refractivity contribution in [2.24, 2.45) is 0 Å². The molecule has 2 aromatic rings. The number of amides is 1. The van der Waals surface area contributed by atoms with Gasteiger partial charge in [-0.05, 0) is 45.7 Å². The molecule has 0 radical (unpaired) electrons. The number of likely N-dealkylation sites (tertiary alicyclic amines) is 1. The molecule has 0 spiro atoms. The minimum absolute atomic E-state index is 0.0758. The molecule has 1 aliphatic carbocycles. The molecule has 29 heavy (non-hydrogen) atoms. The van der Waals surface area contributed by atoms with Gasteiger partial charge in [0.25, 0.3) is 5.91 Å². The lowest BCUT2D eigenvalue weighted by atomic mass is 9.98. The van der Waals surface area contributed by atoms with Gasteiger partial charge in [-0.15, -0.1) is 0 Å². The summed E-state index contributed by atoms with van der Waals surface area (Å²) in [7, 11) is 0. The summed E-state index contributed by atoms with van der Waals surface area (Å²) < 4.78 is 22.5. The fourth-order valence-corrected chi connectivity index (χ4v) is 3.42. The zero-order valence-electron chi connectivity index (χ0n) is 17.1. The predicted octanol–water partition coefficient (Wildman–Crippen LogP) is 3.38. The van der Waals surface area contributed by atoms with E-state index in [2.05, 4.69) is 10.1 Å². The minimum Gasteiger partial charge on any atom is -0.490 e. The Labute approximate surface area is 170 Å². The molecule has 156 valence electrons. The molecular formula is C21H27N3O5. The van der Waals surface area contributed by atoms with Crippen LogP contribution in [0.2, 0.25) is 0 Å². The number of benzene rings is 1. The SMILES string of the molecule is CCOc1cc(C(=O)N2CC(c3nc(C4CC4)no3)C2)cc(OCC)c1OCC. The number of carbonyl (C=O) groups is 1. The molecule has 4 rings (SSSR count). The average Bonchev–Trinajstić information content (AvgIpc) is 3.41. The van der Waals surface area contributed by atoms with Gasteiger partial charge in [0, 0.05) is 24.6 Å². The first-order valence-electron chi connectivity index (χ1n) is 10.3. The summed E-state index contributed by atoms with van der Waals surface area (Å²) in [6, 6.07) is 3.45. The van der Waals surface area contributed by atoms with Crippen molar-refractivity contribution >= 4 is 5.91 Å². The standard InChI is InChI=1S/C21H27N3O5/c1-4-26-16-9-14(10-17(27-5-2)18(16)28-6-3)21(25)24-11-15(12-24)20-22-19(23-29-20)13-7-8-13/h9-10,13,15H,4-8,11-12H2,1-3H3. The van der Waals surface area contributed by atoms with Gasteiger partial charge in [-0.1, -0.05) is 5.16 Å². The highest BCUT2D eigenvalue weighted by Crippen LogP contribution is 2.41. The van der Waals surface area contributed by atoms with Crippen LogP contribution in [0.25, 0.3) is 0 Å². The number of hydrogen-bond donors (Lipinski definition) is 0. The Kier molecular flexibility index (Phi) is 5.60. The lowest BCUT2D eigenvalue weighted by Gasteiger charge is -2.37. The van der Waals surface area contributed by atoms with E-state index in [4.69, 9.17) is 18.7 Å². The molecule has 2 fully saturated rings. The molecule has 1 amide bonds. The van der Waals surface area contributed by atoms with Gasteiger partial charge in [-0.25, -0.2) is 0 Å². The van der Waals surface area contributed by atoms with Crippen LogP contribution in [0.15, 0.2) is 16.7 Å². The molecule has 1 aliphatic heterocycles. The fraction of sp³-hybridized carbons (Fsp3) is 0.571. The average molecular weight is 401 g/mol. The number of nitrogens with zero attached hydrogens (tertiary/aromatic N) is 3. The van der Waals surface area contributed by atoms with Crippen molar-refractivity contribution in [3.63, 3.8) is 0 Å². The van der Waals surface area contributed by atoms with Crippen molar-refractivity contribution in [1.29, 1.82) is 0 Å². The van der Waals surface area contributed by atoms with Gasteiger partial charge < -0.3 is 23.6 Å². The first-order valence-corrected chi connectivity index (χ1v) is 10.3. The Bertz CT molecular complexity index is 844. The summed E-state index contributed by atoms with van der Waals surface area (Å²) in [5.41, 5.74) is 0.517. The third-order valence-corrected chi connectivity index (χ3v) is 5.07. The van der Waals surface area contributed by atoms with Crippen LogP contribution in [0, 0.1) is 0 Å². The Morgan fingerprint density at radius 2 is 1.66 bits per heavy atom. The number of rotatable bonds is 9. The third-order valence-electron chi connectivity index (χ3n) is 5.07. The Balaban J connectivity index is 1.48. The van der Waals surface area contributed by atoms with Gasteiger partial charge >= 0.3 is 0 Å². The summed E-state index contributed by atoms with van der Waals surface area (Å²) in [6.45, 7) is 8.23. The number of aromatic nitrogens is 2. The van der Waals surface area contributed by atoms with Crippen molar-refractivity contribution in [3.8, 4) is 17.2 Å².